The van der Waals surface area contributed by atoms with Crippen molar-refractivity contribution in [3.8, 4) is 0 Å². The number of carbonyl (C=O) groups is 1. The van der Waals surface area contributed by atoms with Crippen molar-refractivity contribution in [2.75, 3.05) is 17.4 Å². The summed E-state index contributed by atoms with van der Waals surface area (Å²) in [6.45, 7) is 4.25. The summed E-state index contributed by atoms with van der Waals surface area (Å²) in [7, 11) is 0. The smallest absolute Gasteiger partial charge is 0.322 e. The van der Waals surface area contributed by atoms with Crippen molar-refractivity contribution < 1.29 is 9.90 Å². The molecule has 146 valence electrons. The van der Waals surface area contributed by atoms with E-state index in [1.165, 1.54) is 0 Å². The monoisotopic (exact) mass is 378 g/mol. The normalized spacial score (nSPS) is 16.9. The van der Waals surface area contributed by atoms with Crippen LogP contribution in [0.3, 0.4) is 0 Å². The van der Waals surface area contributed by atoms with E-state index in [0.717, 1.165) is 41.3 Å². The first-order valence-electron chi connectivity index (χ1n) is 9.31. The molecule has 4 N–H and O–H groups in total. The topological polar surface area (TPSA) is 85.8 Å². The first-order chi connectivity index (χ1) is 13.4. The predicted octanol–water partition coefficient (Wildman–Crippen LogP) is 4.58. The number of carboxylic acids is 1. The van der Waals surface area contributed by atoms with E-state index in [4.69, 9.17) is 10.1 Å². The molecule has 0 bridgehead atoms. The zero-order valence-corrected chi connectivity index (χ0v) is 16.2. The number of benzene rings is 2. The van der Waals surface area contributed by atoms with Gasteiger partial charge < -0.3 is 21.3 Å². The molecule has 1 aliphatic rings. The lowest BCUT2D eigenvalue weighted by Gasteiger charge is -2.30. The largest absolute Gasteiger partial charge is 0.480 e. The molecule has 0 spiro atoms. The van der Waals surface area contributed by atoms with Crippen LogP contribution in [0.15, 0.2) is 71.4 Å². The maximum atomic E-state index is 10.8. The second-order valence-corrected chi connectivity index (χ2v) is 7.70. The number of hydrogen-bond acceptors (Lipinski definition) is 5. The molecule has 2 aromatic carbocycles. The molecule has 1 aliphatic carbocycles. The summed E-state index contributed by atoms with van der Waals surface area (Å²) >= 11 is 0. The number of rotatable bonds is 7. The number of carboxylic acid groups (broad SMARTS) is 1. The summed E-state index contributed by atoms with van der Waals surface area (Å²) in [5.41, 5.74) is 11.0. The third-order valence-corrected chi connectivity index (χ3v) is 4.40. The summed E-state index contributed by atoms with van der Waals surface area (Å²) in [5, 5.41) is 11.9. The van der Waals surface area contributed by atoms with Crippen LogP contribution in [0, 0.1) is 5.41 Å². The van der Waals surface area contributed by atoms with Gasteiger partial charge in [-0.3, -0.25) is 9.79 Å². The molecule has 0 heterocycles. The van der Waals surface area contributed by atoms with Crippen molar-refractivity contribution >= 4 is 28.7 Å². The summed E-state index contributed by atoms with van der Waals surface area (Å²) in [6.07, 6.45) is 3.63. The molecule has 28 heavy (non-hydrogen) atoms. The molecule has 0 atom stereocenters. The van der Waals surface area contributed by atoms with Gasteiger partial charge in [0.15, 0.2) is 0 Å². The lowest BCUT2D eigenvalue weighted by Crippen LogP contribution is -2.30. The second kappa shape index (κ2) is 8.61. The highest BCUT2D eigenvalue weighted by Crippen LogP contribution is 2.34. The molecule has 6 nitrogen and oxygen atoms in total. The number of allylic oxidation sites excluding steroid dienone is 2. The molecule has 0 unspecified atom stereocenters. The molecule has 0 radical (unpaired) electrons. The van der Waals surface area contributed by atoms with Gasteiger partial charge in [0, 0.05) is 11.4 Å². The van der Waals surface area contributed by atoms with E-state index in [0.29, 0.717) is 0 Å². The van der Waals surface area contributed by atoms with E-state index in [-0.39, 0.29) is 12.0 Å². The van der Waals surface area contributed by atoms with Crippen LogP contribution in [-0.4, -0.2) is 23.3 Å². The van der Waals surface area contributed by atoms with E-state index in [1.54, 1.807) is 0 Å². The maximum Gasteiger partial charge on any atom is 0.322 e. The number of nitrogens with zero attached hydrogens (tertiary/aromatic N) is 1. The van der Waals surface area contributed by atoms with Crippen LogP contribution < -0.4 is 16.2 Å². The average Bonchev–Trinajstić information content (AvgIpc) is 2.65. The summed E-state index contributed by atoms with van der Waals surface area (Å²) in [4.78, 5) is 15.6. The summed E-state index contributed by atoms with van der Waals surface area (Å²) in [6, 6.07) is 17.8. The molecule has 0 aliphatic heterocycles. The van der Waals surface area contributed by atoms with Gasteiger partial charge in [-0.25, -0.2) is 0 Å². The van der Waals surface area contributed by atoms with Gasteiger partial charge >= 0.3 is 5.97 Å². The molecule has 2 aromatic rings. The van der Waals surface area contributed by atoms with Crippen molar-refractivity contribution in [3.63, 3.8) is 0 Å². The molecule has 3 rings (SSSR count). The van der Waals surface area contributed by atoms with Crippen molar-refractivity contribution in [3.05, 3.63) is 66.4 Å². The van der Waals surface area contributed by atoms with Gasteiger partial charge in [-0.1, -0.05) is 32.0 Å². The number of para-hydroxylation sites is 1. The van der Waals surface area contributed by atoms with E-state index < -0.39 is 5.97 Å². The molecule has 0 fully saturated rings. The number of aliphatic carboxylic acids is 1. The zero-order chi connectivity index (χ0) is 20.0. The van der Waals surface area contributed by atoms with Gasteiger partial charge in [-0.2, -0.15) is 0 Å². The fraction of sp³-hybridized carbons (Fsp3) is 0.273. The minimum absolute atomic E-state index is 0.0372. The van der Waals surface area contributed by atoms with E-state index >= 15 is 0 Å². The minimum atomic E-state index is -0.866. The molecule has 0 amide bonds. The number of aliphatic imine (C=N–C) groups is 1. The van der Waals surface area contributed by atoms with Gasteiger partial charge in [0.2, 0.25) is 0 Å². The van der Waals surface area contributed by atoms with Crippen molar-refractivity contribution in [1.82, 2.24) is 5.32 Å². The first kappa shape index (κ1) is 19.5. The minimum Gasteiger partial charge on any atom is -0.480 e. The molecule has 0 aromatic heterocycles. The maximum absolute atomic E-state index is 10.8. The molecule has 0 saturated carbocycles. The molecular formula is C22H26N4O2. The lowest BCUT2D eigenvalue weighted by atomic mass is 9.78. The highest BCUT2D eigenvalue weighted by Gasteiger charge is 2.26. The number of nitrogens with one attached hydrogen (secondary N) is 3. The van der Waals surface area contributed by atoms with Crippen LogP contribution in [0.5, 0.6) is 0 Å². The van der Waals surface area contributed by atoms with Gasteiger partial charge in [0.25, 0.3) is 0 Å². The SMILES string of the molecule is CC1(C)CC(NCC(=O)O)=C/C(=N/c2ccc(NNc3ccccc3)cc2)C1. The Bertz CT molecular complexity index is 871. The first-order valence-corrected chi connectivity index (χ1v) is 9.31. The Morgan fingerprint density at radius 1 is 1.00 bits per heavy atom. The number of anilines is 2. The quantitative estimate of drug-likeness (QED) is 0.530. The van der Waals surface area contributed by atoms with Crippen LogP contribution in [0.2, 0.25) is 0 Å². The number of hydrogen-bond donors (Lipinski definition) is 4. The van der Waals surface area contributed by atoms with Crippen LogP contribution in [0.25, 0.3) is 0 Å². The third-order valence-electron chi connectivity index (χ3n) is 4.40. The highest BCUT2D eigenvalue weighted by molar-refractivity contribution is 5.98. The van der Waals surface area contributed by atoms with E-state index in [1.807, 2.05) is 60.7 Å². The zero-order valence-electron chi connectivity index (χ0n) is 16.2. The molecule has 6 heteroatoms. The van der Waals surface area contributed by atoms with Crippen molar-refractivity contribution in [2.45, 2.75) is 26.7 Å². The fourth-order valence-electron chi connectivity index (χ4n) is 3.20. The third kappa shape index (κ3) is 5.87. The molecule has 0 saturated heterocycles. The second-order valence-electron chi connectivity index (χ2n) is 7.70. The van der Waals surface area contributed by atoms with E-state index in [9.17, 15) is 4.79 Å². The van der Waals surface area contributed by atoms with Gasteiger partial charge in [0.1, 0.15) is 6.54 Å². The average molecular weight is 378 g/mol. The Balaban J connectivity index is 1.67. The molecular weight excluding hydrogens is 352 g/mol. The Labute approximate surface area is 165 Å². The Morgan fingerprint density at radius 3 is 2.29 bits per heavy atom. The van der Waals surface area contributed by atoms with Crippen LogP contribution in [-0.2, 0) is 4.79 Å². The highest BCUT2D eigenvalue weighted by atomic mass is 16.4. The summed E-state index contributed by atoms with van der Waals surface area (Å²) in [5.74, 6) is -0.866. The standard InChI is InChI=1S/C22H26N4O2/c1-22(2)13-19(23-15-21(27)28)12-20(14-22)24-16-8-10-18(11-9-16)26-25-17-6-4-3-5-7-17/h3-12,23,25-26H,13-15H2,1-2H3,(H,27,28)/b24-20-. The van der Waals surface area contributed by atoms with Crippen molar-refractivity contribution in [1.29, 1.82) is 0 Å². The van der Waals surface area contributed by atoms with E-state index in [2.05, 4.69) is 30.0 Å². The van der Waals surface area contributed by atoms with Gasteiger partial charge in [-0.15, -0.1) is 0 Å². The summed E-state index contributed by atoms with van der Waals surface area (Å²) < 4.78 is 0. The predicted molar refractivity (Wildman–Crippen MR) is 114 cm³/mol. The Kier molecular flexibility index (Phi) is 5.99. The lowest BCUT2D eigenvalue weighted by molar-refractivity contribution is -0.135. The van der Waals surface area contributed by atoms with Crippen molar-refractivity contribution in [2.24, 2.45) is 10.4 Å². The van der Waals surface area contributed by atoms with Gasteiger partial charge in [0.05, 0.1) is 17.1 Å². The fourth-order valence-corrected chi connectivity index (χ4v) is 3.20. The Hall–Kier alpha value is -3.28. The Morgan fingerprint density at radius 2 is 1.64 bits per heavy atom. The number of hydrazine groups is 1. The van der Waals surface area contributed by atoms with Crippen LogP contribution >= 0.6 is 0 Å². The van der Waals surface area contributed by atoms with Crippen LogP contribution in [0.1, 0.15) is 26.7 Å². The van der Waals surface area contributed by atoms with Crippen LogP contribution in [0.4, 0.5) is 17.1 Å². The van der Waals surface area contributed by atoms with Gasteiger partial charge in [-0.05, 0) is 60.7 Å².